The van der Waals surface area contributed by atoms with Crippen molar-refractivity contribution in [2.45, 2.75) is 47.0 Å². The molecule has 0 aromatic rings. The molecule has 1 aliphatic rings. The smallest absolute Gasteiger partial charge is 0.319 e. The van der Waals surface area contributed by atoms with Crippen molar-refractivity contribution in [1.82, 2.24) is 4.90 Å². The number of nitrogens with zero attached hydrogens (tertiary/aromatic N) is 1. The van der Waals surface area contributed by atoms with E-state index in [1.165, 1.54) is 6.42 Å². The zero-order chi connectivity index (χ0) is 14.5. The minimum atomic E-state index is -1.03. The highest BCUT2D eigenvalue weighted by Gasteiger charge is 2.38. The maximum Gasteiger partial charge on any atom is 0.319 e. The Balaban J connectivity index is 2.48. The van der Waals surface area contributed by atoms with Crippen LogP contribution in [0.4, 0.5) is 0 Å². The number of rotatable bonds is 6. The number of ether oxygens (including phenoxy) is 1. The van der Waals surface area contributed by atoms with Gasteiger partial charge in [0.25, 0.3) is 0 Å². The van der Waals surface area contributed by atoms with E-state index in [9.17, 15) is 9.59 Å². The number of carbonyl (C=O) groups excluding carboxylic acids is 2. The average Bonchev–Trinajstić information content (AvgIpc) is 2.39. The number of esters is 1. The van der Waals surface area contributed by atoms with Gasteiger partial charge < -0.3 is 4.74 Å². The summed E-state index contributed by atoms with van der Waals surface area (Å²) >= 11 is 0. The molecule has 0 unspecified atom stereocenters. The predicted octanol–water partition coefficient (Wildman–Crippen LogP) is 2.27. The summed E-state index contributed by atoms with van der Waals surface area (Å²) in [5.74, 6) is 0.341. The molecule has 1 fully saturated rings. The molecule has 0 saturated carbocycles. The molecule has 110 valence electrons. The maximum absolute atomic E-state index is 12.3. The van der Waals surface area contributed by atoms with Gasteiger partial charge in [-0.3, -0.25) is 14.5 Å². The molecule has 0 spiro atoms. The number of likely N-dealkylation sites (tertiary alicyclic amines) is 1. The van der Waals surface area contributed by atoms with Gasteiger partial charge in [-0.2, -0.15) is 0 Å². The van der Waals surface area contributed by atoms with Crippen molar-refractivity contribution in [3.05, 3.63) is 0 Å². The SMILES string of the molecule is CCOC(=O)C(C)(C)C(=O)CN1CCC(CC)CC1. The van der Waals surface area contributed by atoms with Gasteiger partial charge in [0.1, 0.15) is 5.41 Å². The Bertz CT molecular complexity index is 317. The van der Waals surface area contributed by atoms with Gasteiger partial charge in [-0.1, -0.05) is 13.3 Å². The number of hydrogen-bond acceptors (Lipinski definition) is 4. The first-order valence-corrected chi connectivity index (χ1v) is 7.34. The number of Topliss-reactive ketones (excluding diaryl/α,β-unsaturated/α-hetero) is 1. The first-order valence-electron chi connectivity index (χ1n) is 7.34. The normalized spacial score (nSPS) is 18.3. The lowest BCUT2D eigenvalue weighted by atomic mass is 9.87. The van der Waals surface area contributed by atoms with Crippen LogP contribution < -0.4 is 0 Å². The highest BCUT2D eigenvalue weighted by Crippen LogP contribution is 2.23. The van der Waals surface area contributed by atoms with Crippen molar-refractivity contribution in [3.8, 4) is 0 Å². The minimum Gasteiger partial charge on any atom is -0.465 e. The van der Waals surface area contributed by atoms with Gasteiger partial charge in [0.15, 0.2) is 5.78 Å². The molecule has 1 aliphatic heterocycles. The van der Waals surface area contributed by atoms with Crippen molar-refractivity contribution >= 4 is 11.8 Å². The average molecular weight is 269 g/mol. The Kier molecular flexibility index (Phi) is 5.98. The molecular weight excluding hydrogens is 242 g/mol. The number of hydrogen-bond donors (Lipinski definition) is 0. The van der Waals surface area contributed by atoms with Crippen LogP contribution in [0.3, 0.4) is 0 Å². The summed E-state index contributed by atoms with van der Waals surface area (Å²) in [5.41, 5.74) is -1.03. The third kappa shape index (κ3) is 4.30. The molecule has 0 atom stereocenters. The van der Waals surface area contributed by atoms with E-state index in [1.54, 1.807) is 20.8 Å². The first-order chi connectivity index (χ1) is 8.91. The molecule has 4 heteroatoms. The second-order valence-electron chi connectivity index (χ2n) is 5.90. The molecular formula is C15H27NO3. The van der Waals surface area contributed by atoms with Crippen LogP contribution in [0.25, 0.3) is 0 Å². The molecule has 1 heterocycles. The standard InChI is InChI=1S/C15H27NO3/c1-5-12-7-9-16(10-8-12)11-13(17)15(3,4)14(18)19-6-2/h12H,5-11H2,1-4H3. The molecule has 0 aliphatic carbocycles. The van der Waals surface area contributed by atoms with E-state index in [0.29, 0.717) is 13.2 Å². The molecule has 0 radical (unpaired) electrons. The fourth-order valence-electron chi connectivity index (χ4n) is 2.38. The van der Waals surface area contributed by atoms with Gasteiger partial charge in [0.05, 0.1) is 13.2 Å². The molecule has 0 N–H and O–H groups in total. The van der Waals surface area contributed by atoms with Crippen LogP contribution in [0, 0.1) is 11.3 Å². The van der Waals surface area contributed by atoms with Gasteiger partial charge >= 0.3 is 5.97 Å². The van der Waals surface area contributed by atoms with Gasteiger partial charge in [-0.15, -0.1) is 0 Å². The van der Waals surface area contributed by atoms with E-state index in [-0.39, 0.29) is 5.78 Å². The van der Waals surface area contributed by atoms with E-state index in [0.717, 1.165) is 31.8 Å². The zero-order valence-corrected chi connectivity index (χ0v) is 12.7. The first kappa shape index (κ1) is 16.2. The highest BCUT2D eigenvalue weighted by atomic mass is 16.5. The Morgan fingerprint density at radius 3 is 2.26 bits per heavy atom. The Morgan fingerprint density at radius 1 is 1.21 bits per heavy atom. The molecule has 0 bridgehead atoms. The molecule has 0 aromatic carbocycles. The second-order valence-corrected chi connectivity index (χ2v) is 5.90. The van der Waals surface area contributed by atoms with Crippen LogP contribution in [0.2, 0.25) is 0 Å². The summed E-state index contributed by atoms with van der Waals surface area (Å²) in [6.07, 6.45) is 3.53. The molecule has 19 heavy (non-hydrogen) atoms. The number of ketones is 1. The fourth-order valence-corrected chi connectivity index (χ4v) is 2.38. The van der Waals surface area contributed by atoms with Crippen LogP contribution in [0.1, 0.15) is 47.0 Å². The summed E-state index contributed by atoms with van der Waals surface area (Å²) in [4.78, 5) is 26.2. The lowest BCUT2D eigenvalue weighted by molar-refractivity contribution is -0.158. The van der Waals surface area contributed by atoms with Gasteiger partial charge in [0.2, 0.25) is 0 Å². The highest BCUT2D eigenvalue weighted by molar-refractivity contribution is 6.03. The van der Waals surface area contributed by atoms with E-state index in [2.05, 4.69) is 11.8 Å². The Hall–Kier alpha value is -0.900. The van der Waals surface area contributed by atoms with E-state index < -0.39 is 11.4 Å². The Labute approximate surface area is 116 Å². The molecule has 0 amide bonds. The van der Waals surface area contributed by atoms with Crippen LogP contribution in [-0.2, 0) is 14.3 Å². The zero-order valence-electron chi connectivity index (χ0n) is 12.7. The summed E-state index contributed by atoms with van der Waals surface area (Å²) in [7, 11) is 0. The van der Waals surface area contributed by atoms with E-state index in [4.69, 9.17) is 4.74 Å². The van der Waals surface area contributed by atoms with Crippen molar-refractivity contribution < 1.29 is 14.3 Å². The van der Waals surface area contributed by atoms with Gasteiger partial charge in [0, 0.05) is 0 Å². The maximum atomic E-state index is 12.3. The van der Waals surface area contributed by atoms with Crippen molar-refractivity contribution in [3.63, 3.8) is 0 Å². The molecule has 4 nitrogen and oxygen atoms in total. The third-order valence-corrected chi connectivity index (χ3v) is 4.13. The quantitative estimate of drug-likeness (QED) is 0.548. The van der Waals surface area contributed by atoms with Crippen molar-refractivity contribution in [2.75, 3.05) is 26.2 Å². The minimum absolute atomic E-state index is 0.0408. The van der Waals surface area contributed by atoms with Crippen LogP contribution in [-0.4, -0.2) is 42.9 Å². The Morgan fingerprint density at radius 2 is 1.79 bits per heavy atom. The largest absolute Gasteiger partial charge is 0.465 e. The summed E-state index contributed by atoms with van der Waals surface area (Å²) < 4.78 is 4.97. The van der Waals surface area contributed by atoms with Gasteiger partial charge in [-0.05, 0) is 52.6 Å². The molecule has 1 saturated heterocycles. The van der Waals surface area contributed by atoms with E-state index in [1.807, 2.05) is 0 Å². The van der Waals surface area contributed by atoms with E-state index >= 15 is 0 Å². The fraction of sp³-hybridized carbons (Fsp3) is 0.867. The lowest BCUT2D eigenvalue weighted by Gasteiger charge is -2.32. The topological polar surface area (TPSA) is 46.6 Å². The summed E-state index contributed by atoms with van der Waals surface area (Å²) in [6, 6.07) is 0. The summed E-state index contributed by atoms with van der Waals surface area (Å²) in [5, 5.41) is 0. The van der Waals surface area contributed by atoms with Crippen LogP contribution >= 0.6 is 0 Å². The van der Waals surface area contributed by atoms with Crippen LogP contribution in [0.5, 0.6) is 0 Å². The number of carbonyl (C=O) groups is 2. The molecule has 0 aromatic heterocycles. The second kappa shape index (κ2) is 7.04. The van der Waals surface area contributed by atoms with Crippen molar-refractivity contribution in [2.24, 2.45) is 11.3 Å². The molecule has 1 rings (SSSR count). The van der Waals surface area contributed by atoms with Crippen molar-refractivity contribution in [1.29, 1.82) is 0 Å². The monoisotopic (exact) mass is 269 g/mol. The predicted molar refractivity (Wildman–Crippen MR) is 74.9 cm³/mol. The lowest BCUT2D eigenvalue weighted by Crippen LogP contribution is -2.44. The third-order valence-electron chi connectivity index (χ3n) is 4.13. The summed E-state index contributed by atoms with van der Waals surface area (Å²) in [6.45, 7) is 9.90. The number of piperidine rings is 1. The van der Waals surface area contributed by atoms with Crippen LogP contribution in [0.15, 0.2) is 0 Å². The van der Waals surface area contributed by atoms with Gasteiger partial charge in [-0.25, -0.2) is 0 Å².